The third-order valence-electron chi connectivity index (χ3n) is 2.78. The second-order valence-corrected chi connectivity index (χ2v) is 5.06. The summed E-state index contributed by atoms with van der Waals surface area (Å²) in [5, 5.41) is 8.25. The molecule has 2 aromatic rings. The van der Waals surface area contributed by atoms with Crippen LogP contribution < -0.4 is 4.74 Å². The van der Waals surface area contributed by atoms with Crippen LogP contribution in [-0.4, -0.2) is 35.3 Å². The smallest absolute Gasteiger partial charge is 0.204 e. The maximum atomic E-state index is 5.52. The maximum Gasteiger partial charge on any atom is 0.204 e. The SMILES string of the molecule is CCOC(OCC)c1cn(-c2ccc(Br)cc2OC)nn1. The van der Waals surface area contributed by atoms with E-state index in [9.17, 15) is 0 Å². The molecule has 1 aromatic heterocycles. The summed E-state index contributed by atoms with van der Waals surface area (Å²) in [6, 6.07) is 5.69. The van der Waals surface area contributed by atoms with E-state index in [0.717, 1.165) is 10.2 Å². The molecule has 2 rings (SSSR count). The van der Waals surface area contributed by atoms with Crippen molar-refractivity contribution in [3.63, 3.8) is 0 Å². The first-order valence-electron chi connectivity index (χ1n) is 6.69. The predicted octanol–water partition coefficient (Wildman–Crippen LogP) is 3.11. The molecule has 0 aliphatic carbocycles. The van der Waals surface area contributed by atoms with E-state index in [1.807, 2.05) is 32.0 Å². The van der Waals surface area contributed by atoms with Crippen molar-refractivity contribution in [2.45, 2.75) is 20.1 Å². The molecule has 0 saturated heterocycles. The fourth-order valence-corrected chi connectivity index (χ4v) is 2.20. The molecular weight excluding hydrogens is 338 g/mol. The summed E-state index contributed by atoms with van der Waals surface area (Å²) in [7, 11) is 1.62. The molecule has 0 fully saturated rings. The molecule has 0 N–H and O–H groups in total. The fraction of sp³-hybridized carbons (Fsp3) is 0.429. The van der Waals surface area contributed by atoms with Crippen LogP contribution in [0.25, 0.3) is 5.69 Å². The van der Waals surface area contributed by atoms with Gasteiger partial charge in [-0.1, -0.05) is 21.1 Å². The molecule has 0 unspecified atom stereocenters. The number of nitrogens with zero attached hydrogens (tertiary/aromatic N) is 3. The lowest BCUT2D eigenvalue weighted by molar-refractivity contribution is -0.142. The van der Waals surface area contributed by atoms with Crippen LogP contribution in [0.1, 0.15) is 25.8 Å². The van der Waals surface area contributed by atoms with Crippen LogP contribution in [0.3, 0.4) is 0 Å². The number of methoxy groups -OCH3 is 1. The molecule has 1 aromatic carbocycles. The lowest BCUT2D eigenvalue weighted by atomic mass is 10.3. The molecule has 6 nitrogen and oxygen atoms in total. The van der Waals surface area contributed by atoms with Crippen LogP contribution in [0.2, 0.25) is 0 Å². The summed E-state index contributed by atoms with van der Waals surface area (Å²) in [5.41, 5.74) is 1.43. The van der Waals surface area contributed by atoms with Crippen molar-refractivity contribution in [1.29, 1.82) is 0 Å². The number of rotatable bonds is 7. The molecule has 21 heavy (non-hydrogen) atoms. The predicted molar refractivity (Wildman–Crippen MR) is 81.6 cm³/mol. The average molecular weight is 356 g/mol. The van der Waals surface area contributed by atoms with Gasteiger partial charge in [0.2, 0.25) is 6.29 Å². The Hall–Kier alpha value is -1.44. The molecule has 0 radical (unpaired) electrons. The standard InChI is InChI=1S/C14H18BrN3O3/c1-4-20-14(21-5-2)11-9-18(17-16-11)12-7-6-10(15)8-13(12)19-3/h6-9,14H,4-5H2,1-3H3. The van der Waals surface area contributed by atoms with Gasteiger partial charge in [-0.3, -0.25) is 0 Å². The molecule has 1 heterocycles. The molecule has 0 aliphatic heterocycles. The van der Waals surface area contributed by atoms with E-state index >= 15 is 0 Å². The first-order valence-corrected chi connectivity index (χ1v) is 7.48. The Morgan fingerprint density at radius 3 is 2.57 bits per heavy atom. The minimum Gasteiger partial charge on any atom is -0.494 e. The van der Waals surface area contributed by atoms with Crippen molar-refractivity contribution in [3.05, 3.63) is 34.6 Å². The van der Waals surface area contributed by atoms with Crippen molar-refractivity contribution in [1.82, 2.24) is 15.0 Å². The molecule has 0 bridgehead atoms. The summed E-state index contributed by atoms with van der Waals surface area (Å²) in [5.74, 6) is 0.699. The zero-order valence-electron chi connectivity index (χ0n) is 12.2. The number of ether oxygens (including phenoxy) is 3. The molecule has 114 valence electrons. The van der Waals surface area contributed by atoms with Crippen molar-refractivity contribution in [2.75, 3.05) is 20.3 Å². The molecule has 7 heteroatoms. The Balaban J connectivity index is 2.30. The molecule has 0 amide bonds. The number of hydrogen-bond acceptors (Lipinski definition) is 5. The first kappa shape index (κ1) is 15.9. The van der Waals surface area contributed by atoms with Crippen molar-refractivity contribution in [3.8, 4) is 11.4 Å². The quantitative estimate of drug-likeness (QED) is 0.714. The zero-order valence-corrected chi connectivity index (χ0v) is 13.8. The minimum atomic E-state index is -0.504. The van der Waals surface area contributed by atoms with Gasteiger partial charge in [-0.2, -0.15) is 0 Å². The van der Waals surface area contributed by atoms with Crippen LogP contribution in [-0.2, 0) is 9.47 Å². The second-order valence-electron chi connectivity index (χ2n) is 4.15. The van der Waals surface area contributed by atoms with E-state index in [4.69, 9.17) is 14.2 Å². The Morgan fingerprint density at radius 1 is 1.24 bits per heavy atom. The van der Waals surface area contributed by atoms with Crippen LogP contribution in [0.15, 0.2) is 28.9 Å². The van der Waals surface area contributed by atoms with Crippen LogP contribution in [0.4, 0.5) is 0 Å². The van der Waals surface area contributed by atoms with Gasteiger partial charge in [0.1, 0.15) is 17.1 Å². The number of benzene rings is 1. The van der Waals surface area contributed by atoms with Gasteiger partial charge in [0, 0.05) is 17.7 Å². The van der Waals surface area contributed by atoms with Gasteiger partial charge in [0.25, 0.3) is 0 Å². The summed E-state index contributed by atoms with van der Waals surface area (Å²) in [6.07, 6.45) is 1.28. The highest BCUT2D eigenvalue weighted by molar-refractivity contribution is 9.10. The highest BCUT2D eigenvalue weighted by Crippen LogP contribution is 2.27. The lowest BCUT2D eigenvalue weighted by Gasteiger charge is -2.13. The van der Waals surface area contributed by atoms with Crippen LogP contribution in [0, 0.1) is 0 Å². The highest BCUT2D eigenvalue weighted by Gasteiger charge is 2.17. The summed E-state index contributed by atoms with van der Waals surface area (Å²) in [4.78, 5) is 0. The summed E-state index contributed by atoms with van der Waals surface area (Å²) in [6.45, 7) is 4.90. The van der Waals surface area contributed by atoms with Gasteiger partial charge in [0.15, 0.2) is 0 Å². The third-order valence-corrected chi connectivity index (χ3v) is 3.27. The fourth-order valence-electron chi connectivity index (χ4n) is 1.86. The van der Waals surface area contributed by atoms with E-state index in [2.05, 4.69) is 26.2 Å². The molecule has 0 saturated carbocycles. The van der Waals surface area contributed by atoms with Crippen LogP contribution in [0.5, 0.6) is 5.75 Å². The Morgan fingerprint density at radius 2 is 1.95 bits per heavy atom. The molecule has 0 aliphatic rings. The topological polar surface area (TPSA) is 58.4 Å². The van der Waals surface area contributed by atoms with Gasteiger partial charge >= 0.3 is 0 Å². The van der Waals surface area contributed by atoms with Gasteiger partial charge in [-0.05, 0) is 32.0 Å². The number of aromatic nitrogens is 3. The Labute approximate surface area is 132 Å². The third kappa shape index (κ3) is 3.81. The van der Waals surface area contributed by atoms with Crippen LogP contribution >= 0.6 is 15.9 Å². The number of hydrogen-bond donors (Lipinski definition) is 0. The first-order chi connectivity index (χ1) is 10.2. The van der Waals surface area contributed by atoms with Crippen molar-refractivity contribution < 1.29 is 14.2 Å². The van der Waals surface area contributed by atoms with Crippen molar-refractivity contribution >= 4 is 15.9 Å². The lowest BCUT2D eigenvalue weighted by Crippen LogP contribution is -2.09. The monoisotopic (exact) mass is 355 g/mol. The Kier molecular flexibility index (Phi) is 5.72. The minimum absolute atomic E-state index is 0.504. The largest absolute Gasteiger partial charge is 0.494 e. The maximum absolute atomic E-state index is 5.52. The summed E-state index contributed by atoms with van der Waals surface area (Å²) < 4.78 is 19.0. The van der Waals surface area contributed by atoms with Gasteiger partial charge in [0.05, 0.1) is 13.3 Å². The Bertz CT molecular complexity index is 583. The van der Waals surface area contributed by atoms with Gasteiger partial charge < -0.3 is 14.2 Å². The summed E-state index contributed by atoms with van der Waals surface area (Å²) >= 11 is 3.41. The van der Waals surface area contributed by atoms with E-state index in [-0.39, 0.29) is 0 Å². The van der Waals surface area contributed by atoms with E-state index in [0.29, 0.717) is 24.7 Å². The zero-order chi connectivity index (χ0) is 15.2. The van der Waals surface area contributed by atoms with E-state index < -0.39 is 6.29 Å². The molecule has 0 spiro atoms. The van der Waals surface area contributed by atoms with Gasteiger partial charge in [-0.25, -0.2) is 4.68 Å². The average Bonchev–Trinajstić information content (AvgIpc) is 2.96. The van der Waals surface area contributed by atoms with E-state index in [1.54, 1.807) is 18.0 Å². The highest BCUT2D eigenvalue weighted by atomic mass is 79.9. The normalized spacial score (nSPS) is 11.1. The molecular formula is C14H18BrN3O3. The van der Waals surface area contributed by atoms with Gasteiger partial charge in [-0.15, -0.1) is 5.10 Å². The second kappa shape index (κ2) is 7.53. The molecule has 0 atom stereocenters. The van der Waals surface area contributed by atoms with Crippen molar-refractivity contribution in [2.24, 2.45) is 0 Å². The van der Waals surface area contributed by atoms with E-state index in [1.165, 1.54) is 0 Å². The number of halogens is 1.